The number of ether oxygens (including phenoxy) is 2. The molecule has 0 aliphatic carbocycles. The molecule has 1 aliphatic heterocycles. The Morgan fingerprint density at radius 1 is 1.32 bits per heavy atom. The highest BCUT2D eigenvalue weighted by atomic mass is 16.6. The smallest absolute Gasteiger partial charge is 0.409 e. The van der Waals surface area contributed by atoms with Crippen molar-refractivity contribution in [3.05, 3.63) is 35.9 Å². The second-order valence-corrected chi connectivity index (χ2v) is 4.47. The molecule has 19 heavy (non-hydrogen) atoms. The molecule has 1 amide bonds. The van der Waals surface area contributed by atoms with Gasteiger partial charge in [-0.2, -0.15) is 0 Å². The SMILES string of the molecule is O=C(OCC(CO)c1ccccc1)N1CCOCC1. The maximum atomic E-state index is 11.8. The molecule has 1 aromatic rings. The molecule has 1 aliphatic rings. The summed E-state index contributed by atoms with van der Waals surface area (Å²) in [6, 6.07) is 9.56. The van der Waals surface area contributed by atoms with Crippen LogP contribution in [0.1, 0.15) is 11.5 Å². The molecule has 1 unspecified atom stereocenters. The molecule has 0 radical (unpaired) electrons. The molecule has 1 saturated heterocycles. The third kappa shape index (κ3) is 3.94. The minimum Gasteiger partial charge on any atom is -0.449 e. The Hall–Kier alpha value is -1.59. The standard InChI is InChI=1S/C14H19NO4/c16-10-13(12-4-2-1-3-5-12)11-19-14(17)15-6-8-18-9-7-15/h1-5,13,16H,6-11H2. The third-order valence-corrected chi connectivity index (χ3v) is 3.17. The van der Waals surface area contributed by atoms with Crippen LogP contribution in [0.25, 0.3) is 0 Å². The van der Waals surface area contributed by atoms with E-state index in [1.807, 2.05) is 30.3 Å². The van der Waals surface area contributed by atoms with Crippen LogP contribution in [-0.2, 0) is 9.47 Å². The summed E-state index contributed by atoms with van der Waals surface area (Å²) in [7, 11) is 0. The summed E-state index contributed by atoms with van der Waals surface area (Å²) in [5.74, 6) is -0.175. The minimum atomic E-state index is -0.335. The lowest BCUT2D eigenvalue weighted by Crippen LogP contribution is -2.41. The maximum Gasteiger partial charge on any atom is 0.409 e. The van der Waals surface area contributed by atoms with Crippen LogP contribution >= 0.6 is 0 Å². The number of morpholine rings is 1. The Morgan fingerprint density at radius 3 is 2.63 bits per heavy atom. The van der Waals surface area contributed by atoms with Gasteiger partial charge in [0.25, 0.3) is 0 Å². The molecule has 2 rings (SSSR count). The monoisotopic (exact) mass is 265 g/mol. The molecular formula is C14H19NO4. The molecular weight excluding hydrogens is 246 g/mol. The maximum absolute atomic E-state index is 11.8. The Morgan fingerprint density at radius 2 is 2.00 bits per heavy atom. The van der Waals surface area contributed by atoms with Crippen LogP contribution in [0.3, 0.4) is 0 Å². The van der Waals surface area contributed by atoms with Crippen molar-refractivity contribution < 1.29 is 19.4 Å². The summed E-state index contributed by atoms with van der Waals surface area (Å²) >= 11 is 0. The van der Waals surface area contributed by atoms with E-state index >= 15 is 0 Å². The van der Waals surface area contributed by atoms with E-state index in [-0.39, 0.29) is 25.2 Å². The number of rotatable bonds is 4. The molecule has 0 spiro atoms. The Bertz CT molecular complexity index is 390. The van der Waals surface area contributed by atoms with Gasteiger partial charge in [0.1, 0.15) is 6.61 Å². The fourth-order valence-electron chi connectivity index (χ4n) is 1.99. The summed E-state index contributed by atoms with van der Waals surface area (Å²) in [5.41, 5.74) is 0.972. The predicted molar refractivity (Wildman–Crippen MR) is 70.0 cm³/mol. The van der Waals surface area contributed by atoms with Gasteiger partial charge in [0.2, 0.25) is 0 Å². The van der Waals surface area contributed by atoms with Crippen LogP contribution in [0.5, 0.6) is 0 Å². The normalized spacial score (nSPS) is 17.0. The molecule has 5 nitrogen and oxygen atoms in total. The molecule has 1 aromatic carbocycles. The number of aliphatic hydroxyl groups excluding tert-OH is 1. The number of carbonyl (C=O) groups excluding carboxylic acids is 1. The summed E-state index contributed by atoms with van der Waals surface area (Å²) < 4.78 is 10.4. The first kappa shape index (κ1) is 13.8. The lowest BCUT2D eigenvalue weighted by atomic mass is 10.0. The van der Waals surface area contributed by atoms with Crippen LogP contribution in [0, 0.1) is 0 Å². The number of amides is 1. The molecule has 1 heterocycles. The molecule has 1 atom stereocenters. The summed E-state index contributed by atoms with van der Waals surface area (Å²) in [5, 5.41) is 9.38. The first-order chi connectivity index (χ1) is 9.31. The van der Waals surface area contributed by atoms with E-state index in [9.17, 15) is 9.90 Å². The fourth-order valence-corrected chi connectivity index (χ4v) is 1.99. The molecule has 1 N–H and O–H groups in total. The van der Waals surface area contributed by atoms with E-state index in [2.05, 4.69) is 0 Å². The number of carbonyl (C=O) groups is 1. The van der Waals surface area contributed by atoms with Gasteiger partial charge in [0.15, 0.2) is 0 Å². The van der Waals surface area contributed by atoms with Crippen molar-refractivity contribution in [3.63, 3.8) is 0 Å². The van der Waals surface area contributed by atoms with Gasteiger partial charge in [-0.1, -0.05) is 30.3 Å². The number of aliphatic hydroxyl groups is 1. The van der Waals surface area contributed by atoms with Gasteiger partial charge in [-0.3, -0.25) is 0 Å². The van der Waals surface area contributed by atoms with Crippen molar-refractivity contribution in [2.45, 2.75) is 5.92 Å². The topological polar surface area (TPSA) is 59.0 Å². The number of nitrogens with zero attached hydrogens (tertiary/aromatic N) is 1. The lowest BCUT2D eigenvalue weighted by molar-refractivity contribution is 0.0238. The Balaban J connectivity index is 1.84. The average Bonchev–Trinajstić information content (AvgIpc) is 2.49. The van der Waals surface area contributed by atoms with Gasteiger partial charge in [0.05, 0.1) is 19.8 Å². The van der Waals surface area contributed by atoms with Gasteiger partial charge in [0, 0.05) is 19.0 Å². The van der Waals surface area contributed by atoms with E-state index in [0.29, 0.717) is 26.3 Å². The largest absolute Gasteiger partial charge is 0.449 e. The quantitative estimate of drug-likeness (QED) is 0.889. The highest BCUT2D eigenvalue weighted by molar-refractivity contribution is 5.67. The first-order valence-corrected chi connectivity index (χ1v) is 6.46. The van der Waals surface area contributed by atoms with Gasteiger partial charge in [-0.05, 0) is 5.56 Å². The molecule has 1 fully saturated rings. The van der Waals surface area contributed by atoms with Crippen molar-refractivity contribution in [2.75, 3.05) is 39.5 Å². The second kappa shape index (κ2) is 7.11. The van der Waals surface area contributed by atoms with E-state index < -0.39 is 0 Å². The number of hydrogen-bond acceptors (Lipinski definition) is 4. The second-order valence-electron chi connectivity index (χ2n) is 4.47. The third-order valence-electron chi connectivity index (χ3n) is 3.17. The minimum absolute atomic E-state index is 0.0413. The van der Waals surface area contributed by atoms with E-state index in [1.54, 1.807) is 4.90 Å². The summed E-state index contributed by atoms with van der Waals surface area (Å²) in [6.07, 6.45) is -0.335. The highest BCUT2D eigenvalue weighted by Crippen LogP contribution is 2.15. The van der Waals surface area contributed by atoms with Crippen molar-refractivity contribution in [3.8, 4) is 0 Å². The van der Waals surface area contributed by atoms with Gasteiger partial charge >= 0.3 is 6.09 Å². The zero-order valence-corrected chi connectivity index (χ0v) is 10.8. The van der Waals surface area contributed by atoms with Crippen molar-refractivity contribution in [2.24, 2.45) is 0 Å². The molecule has 0 bridgehead atoms. The van der Waals surface area contributed by atoms with Crippen LogP contribution in [0.15, 0.2) is 30.3 Å². The van der Waals surface area contributed by atoms with Crippen molar-refractivity contribution in [1.29, 1.82) is 0 Å². The van der Waals surface area contributed by atoms with Gasteiger partial charge < -0.3 is 19.5 Å². The van der Waals surface area contributed by atoms with Crippen LogP contribution in [-0.4, -0.2) is 55.6 Å². The number of hydrogen-bond donors (Lipinski definition) is 1. The Kier molecular flexibility index (Phi) is 5.18. The summed E-state index contributed by atoms with van der Waals surface area (Å²) in [4.78, 5) is 13.4. The molecule has 0 saturated carbocycles. The van der Waals surface area contributed by atoms with Crippen LogP contribution < -0.4 is 0 Å². The van der Waals surface area contributed by atoms with E-state index in [0.717, 1.165) is 5.56 Å². The average molecular weight is 265 g/mol. The van der Waals surface area contributed by atoms with Crippen LogP contribution in [0.2, 0.25) is 0 Å². The van der Waals surface area contributed by atoms with Crippen molar-refractivity contribution in [1.82, 2.24) is 4.90 Å². The van der Waals surface area contributed by atoms with Crippen LogP contribution in [0.4, 0.5) is 4.79 Å². The zero-order chi connectivity index (χ0) is 13.5. The zero-order valence-electron chi connectivity index (χ0n) is 10.8. The molecule has 0 aromatic heterocycles. The molecule has 5 heteroatoms. The highest BCUT2D eigenvalue weighted by Gasteiger charge is 2.20. The summed E-state index contributed by atoms with van der Waals surface area (Å²) in [6.45, 7) is 2.38. The number of benzene rings is 1. The first-order valence-electron chi connectivity index (χ1n) is 6.46. The lowest BCUT2D eigenvalue weighted by Gasteiger charge is -2.26. The molecule has 104 valence electrons. The Labute approximate surface area is 112 Å². The van der Waals surface area contributed by atoms with Gasteiger partial charge in [-0.25, -0.2) is 4.79 Å². The van der Waals surface area contributed by atoms with E-state index in [4.69, 9.17) is 9.47 Å². The van der Waals surface area contributed by atoms with E-state index in [1.165, 1.54) is 0 Å². The van der Waals surface area contributed by atoms with Gasteiger partial charge in [-0.15, -0.1) is 0 Å². The van der Waals surface area contributed by atoms with Crippen molar-refractivity contribution >= 4 is 6.09 Å². The predicted octanol–water partition coefficient (Wildman–Crippen LogP) is 1.23. The fraction of sp³-hybridized carbons (Fsp3) is 0.500.